The minimum absolute atomic E-state index is 0.0496. The van der Waals surface area contributed by atoms with Crippen LogP contribution in [0.25, 0.3) is 0 Å². The van der Waals surface area contributed by atoms with Crippen molar-refractivity contribution in [1.82, 2.24) is 24.6 Å². The van der Waals surface area contributed by atoms with Crippen molar-refractivity contribution in [3.8, 4) is 0 Å². The zero-order valence-corrected chi connectivity index (χ0v) is 11.1. The van der Waals surface area contributed by atoms with Crippen molar-refractivity contribution in [2.75, 3.05) is 26.7 Å². The van der Waals surface area contributed by atoms with Gasteiger partial charge in [0.1, 0.15) is 6.33 Å². The lowest BCUT2D eigenvalue weighted by Gasteiger charge is -2.30. The van der Waals surface area contributed by atoms with Gasteiger partial charge in [0.25, 0.3) is 5.91 Å². The summed E-state index contributed by atoms with van der Waals surface area (Å²) in [5.74, 6) is 0.427. The Labute approximate surface area is 111 Å². The van der Waals surface area contributed by atoms with Crippen LogP contribution in [0.4, 0.5) is 0 Å². The molecule has 2 amide bonds. The van der Waals surface area contributed by atoms with Gasteiger partial charge in [0.05, 0.1) is 5.92 Å². The van der Waals surface area contributed by atoms with Crippen LogP contribution in [0.15, 0.2) is 6.33 Å². The molecule has 0 bridgehead atoms. The van der Waals surface area contributed by atoms with E-state index < -0.39 is 0 Å². The second-order valence-electron chi connectivity index (χ2n) is 5.37. The van der Waals surface area contributed by atoms with Crippen LogP contribution in [0.3, 0.4) is 0 Å². The highest BCUT2D eigenvalue weighted by Crippen LogP contribution is 2.31. The summed E-state index contributed by atoms with van der Waals surface area (Å²) in [7, 11) is 3.55. The topological polar surface area (TPSA) is 71.3 Å². The number of nitrogens with zero attached hydrogens (tertiary/aromatic N) is 5. The maximum atomic E-state index is 12.3. The molecule has 102 valence electrons. The second kappa shape index (κ2) is 4.32. The van der Waals surface area contributed by atoms with Crippen molar-refractivity contribution in [3.63, 3.8) is 0 Å². The van der Waals surface area contributed by atoms with Gasteiger partial charge in [0.2, 0.25) is 11.7 Å². The Kier molecular flexibility index (Phi) is 2.76. The second-order valence-corrected chi connectivity index (χ2v) is 5.37. The molecule has 7 nitrogen and oxygen atoms in total. The van der Waals surface area contributed by atoms with Crippen molar-refractivity contribution in [2.45, 2.75) is 6.42 Å². The molecule has 0 aromatic carbocycles. The Bertz CT molecular complexity index is 526. The van der Waals surface area contributed by atoms with Crippen LogP contribution in [0.1, 0.15) is 17.0 Å². The van der Waals surface area contributed by atoms with Crippen molar-refractivity contribution >= 4 is 11.8 Å². The lowest BCUT2D eigenvalue weighted by Crippen LogP contribution is -2.42. The molecule has 1 aromatic rings. The fraction of sp³-hybridized carbons (Fsp3) is 0.667. The van der Waals surface area contributed by atoms with Crippen molar-refractivity contribution < 1.29 is 9.59 Å². The number of aromatic nitrogens is 3. The molecule has 3 rings (SSSR count). The predicted molar refractivity (Wildman–Crippen MR) is 66.1 cm³/mol. The van der Waals surface area contributed by atoms with Crippen molar-refractivity contribution in [3.05, 3.63) is 12.2 Å². The fourth-order valence-electron chi connectivity index (χ4n) is 2.94. The van der Waals surface area contributed by atoms with Crippen LogP contribution in [0, 0.1) is 11.8 Å². The molecule has 0 spiro atoms. The van der Waals surface area contributed by atoms with Gasteiger partial charge in [-0.2, -0.15) is 0 Å². The van der Waals surface area contributed by atoms with Gasteiger partial charge in [-0.3, -0.25) is 14.3 Å². The van der Waals surface area contributed by atoms with Gasteiger partial charge in [0, 0.05) is 33.7 Å². The zero-order valence-electron chi connectivity index (χ0n) is 11.1. The van der Waals surface area contributed by atoms with E-state index in [1.54, 1.807) is 16.8 Å². The van der Waals surface area contributed by atoms with E-state index in [4.69, 9.17) is 0 Å². The van der Waals surface area contributed by atoms with Gasteiger partial charge in [-0.15, -0.1) is 5.10 Å². The smallest absolute Gasteiger partial charge is 0.293 e. The minimum Gasteiger partial charge on any atom is -0.345 e. The number of fused-ring (bicyclic) bond motifs is 1. The van der Waals surface area contributed by atoms with Gasteiger partial charge in [-0.25, -0.2) is 4.98 Å². The molecule has 2 unspecified atom stereocenters. The van der Waals surface area contributed by atoms with E-state index in [2.05, 4.69) is 10.1 Å². The van der Waals surface area contributed by atoms with Crippen LogP contribution in [-0.4, -0.2) is 63.1 Å². The van der Waals surface area contributed by atoms with Gasteiger partial charge in [-0.05, 0) is 12.3 Å². The summed E-state index contributed by atoms with van der Waals surface area (Å²) in [5.41, 5.74) is 0. The van der Waals surface area contributed by atoms with E-state index in [0.717, 1.165) is 13.0 Å². The first-order chi connectivity index (χ1) is 9.06. The molecular weight excluding hydrogens is 246 g/mol. The molecule has 0 saturated carbocycles. The number of likely N-dealkylation sites (tertiary alicyclic amines) is 2. The summed E-state index contributed by atoms with van der Waals surface area (Å²) in [6, 6.07) is 0. The monoisotopic (exact) mass is 263 g/mol. The van der Waals surface area contributed by atoms with Gasteiger partial charge < -0.3 is 9.80 Å². The Morgan fingerprint density at radius 3 is 2.84 bits per heavy atom. The molecule has 0 N–H and O–H groups in total. The average Bonchev–Trinajstić information content (AvgIpc) is 2.99. The van der Waals surface area contributed by atoms with Crippen LogP contribution < -0.4 is 0 Å². The van der Waals surface area contributed by atoms with E-state index in [0.29, 0.717) is 13.1 Å². The first-order valence-electron chi connectivity index (χ1n) is 6.46. The van der Waals surface area contributed by atoms with Gasteiger partial charge in [-0.1, -0.05) is 0 Å². The normalized spacial score (nSPS) is 26.7. The van der Waals surface area contributed by atoms with Crippen LogP contribution in [-0.2, 0) is 11.8 Å². The van der Waals surface area contributed by atoms with E-state index in [1.165, 1.54) is 11.0 Å². The molecule has 2 atom stereocenters. The molecule has 2 aliphatic rings. The van der Waals surface area contributed by atoms with E-state index in [-0.39, 0.29) is 29.5 Å². The summed E-state index contributed by atoms with van der Waals surface area (Å²) < 4.78 is 1.51. The standard InChI is InChI=1S/C12H17N5O2/c1-15-4-3-8-5-17(6-9(8)11(15)18)12(19)10-13-7-16(2)14-10/h7-9H,3-6H2,1-2H3. The highest BCUT2D eigenvalue weighted by atomic mass is 16.2. The number of hydrogen-bond acceptors (Lipinski definition) is 4. The molecular formula is C12H17N5O2. The first-order valence-corrected chi connectivity index (χ1v) is 6.46. The summed E-state index contributed by atoms with van der Waals surface area (Å²) in [4.78, 5) is 31.8. The summed E-state index contributed by atoms with van der Waals surface area (Å²) in [6.07, 6.45) is 2.47. The minimum atomic E-state index is -0.176. The molecule has 2 fully saturated rings. The van der Waals surface area contributed by atoms with Gasteiger partial charge >= 0.3 is 0 Å². The Morgan fingerprint density at radius 2 is 2.16 bits per heavy atom. The summed E-state index contributed by atoms with van der Waals surface area (Å²) in [6.45, 7) is 1.91. The highest BCUT2D eigenvalue weighted by Gasteiger charge is 2.43. The summed E-state index contributed by atoms with van der Waals surface area (Å²) in [5, 5.41) is 4.03. The fourth-order valence-corrected chi connectivity index (χ4v) is 2.94. The van der Waals surface area contributed by atoms with E-state index >= 15 is 0 Å². The average molecular weight is 263 g/mol. The third-order valence-electron chi connectivity index (χ3n) is 4.05. The molecule has 2 saturated heterocycles. The third kappa shape index (κ3) is 1.98. The number of aryl methyl sites for hydroxylation is 1. The molecule has 1 aromatic heterocycles. The Hall–Kier alpha value is -1.92. The number of carbonyl (C=O) groups is 2. The maximum absolute atomic E-state index is 12.3. The molecule has 3 heterocycles. The molecule has 7 heteroatoms. The lowest BCUT2D eigenvalue weighted by molar-refractivity contribution is -0.137. The number of carbonyl (C=O) groups excluding carboxylic acids is 2. The first kappa shape index (κ1) is 12.1. The molecule has 19 heavy (non-hydrogen) atoms. The quantitative estimate of drug-likeness (QED) is 0.676. The molecule has 0 aliphatic carbocycles. The van der Waals surface area contributed by atoms with E-state index in [1.807, 2.05) is 7.05 Å². The SMILES string of the molecule is CN1CCC2CN(C(=O)c3ncn(C)n3)CC2C1=O. The number of piperidine rings is 1. The van der Waals surface area contributed by atoms with Crippen molar-refractivity contribution in [1.29, 1.82) is 0 Å². The molecule has 0 radical (unpaired) electrons. The Balaban J connectivity index is 1.75. The number of amides is 2. The van der Waals surface area contributed by atoms with Crippen LogP contribution >= 0.6 is 0 Å². The maximum Gasteiger partial charge on any atom is 0.293 e. The highest BCUT2D eigenvalue weighted by molar-refractivity contribution is 5.91. The summed E-state index contributed by atoms with van der Waals surface area (Å²) >= 11 is 0. The Morgan fingerprint density at radius 1 is 1.37 bits per heavy atom. The van der Waals surface area contributed by atoms with Crippen LogP contribution in [0.5, 0.6) is 0 Å². The largest absolute Gasteiger partial charge is 0.345 e. The van der Waals surface area contributed by atoms with E-state index in [9.17, 15) is 9.59 Å². The number of rotatable bonds is 1. The lowest BCUT2D eigenvalue weighted by atomic mass is 9.88. The van der Waals surface area contributed by atoms with Crippen LogP contribution in [0.2, 0.25) is 0 Å². The van der Waals surface area contributed by atoms with Crippen molar-refractivity contribution in [2.24, 2.45) is 18.9 Å². The predicted octanol–water partition coefficient (Wildman–Crippen LogP) is -0.635. The third-order valence-corrected chi connectivity index (χ3v) is 4.05. The molecule has 2 aliphatic heterocycles. The number of hydrogen-bond donors (Lipinski definition) is 0. The van der Waals surface area contributed by atoms with Gasteiger partial charge in [0.15, 0.2) is 0 Å². The zero-order chi connectivity index (χ0) is 13.6.